The summed E-state index contributed by atoms with van der Waals surface area (Å²) in [6.45, 7) is -0.124. The highest BCUT2D eigenvalue weighted by atomic mass is 79.9. The van der Waals surface area contributed by atoms with Gasteiger partial charge in [-0.25, -0.2) is 0 Å². The van der Waals surface area contributed by atoms with E-state index in [-0.39, 0.29) is 18.2 Å². The Labute approximate surface area is 118 Å². The third-order valence-corrected chi connectivity index (χ3v) is 2.99. The molecule has 2 amide bonds. The van der Waals surface area contributed by atoms with Crippen molar-refractivity contribution >= 4 is 33.4 Å². The van der Waals surface area contributed by atoms with Gasteiger partial charge in [-0.3, -0.25) is 9.59 Å². The van der Waals surface area contributed by atoms with Crippen molar-refractivity contribution in [2.24, 2.45) is 0 Å². The van der Waals surface area contributed by atoms with E-state index < -0.39 is 5.91 Å². The molecule has 0 aliphatic carbocycles. The van der Waals surface area contributed by atoms with Crippen LogP contribution in [-0.4, -0.2) is 18.4 Å². The van der Waals surface area contributed by atoms with Gasteiger partial charge in [-0.05, 0) is 40.2 Å². The number of benzene rings is 1. The molecule has 1 aromatic carbocycles. The topological polar surface area (TPSA) is 71.3 Å². The van der Waals surface area contributed by atoms with Crippen LogP contribution in [0, 0.1) is 0 Å². The van der Waals surface area contributed by atoms with E-state index in [1.165, 1.54) is 12.3 Å². The van der Waals surface area contributed by atoms with Crippen LogP contribution >= 0.6 is 15.9 Å². The fourth-order valence-electron chi connectivity index (χ4n) is 1.41. The molecule has 0 fully saturated rings. The second-order valence-electron chi connectivity index (χ2n) is 3.69. The van der Waals surface area contributed by atoms with Gasteiger partial charge < -0.3 is 15.1 Å². The first-order valence-corrected chi connectivity index (χ1v) is 6.32. The molecule has 0 unspecified atom stereocenters. The summed E-state index contributed by atoms with van der Waals surface area (Å²) in [6.07, 6.45) is 1.40. The predicted molar refractivity (Wildman–Crippen MR) is 73.8 cm³/mol. The zero-order chi connectivity index (χ0) is 13.7. The molecule has 0 atom stereocenters. The lowest BCUT2D eigenvalue weighted by Crippen LogP contribution is -2.32. The van der Waals surface area contributed by atoms with E-state index in [1.54, 1.807) is 12.1 Å². The monoisotopic (exact) mass is 322 g/mol. The van der Waals surface area contributed by atoms with E-state index in [0.29, 0.717) is 5.69 Å². The van der Waals surface area contributed by atoms with Crippen LogP contribution in [0.2, 0.25) is 0 Å². The third-order valence-electron chi connectivity index (χ3n) is 2.30. The summed E-state index contributed by atoms with van der Waals surface area (Å²) in [5, 5.41) is 5.14. The van der Waals surface area contributed by atoms with Crippen molar-refractivity contribution in [3.05, 3.63) is 52.9 Å². The molecule has 0 radical (unpaired) electrons. The molecule has 1 heterocycles. The first-order valence-electron chi connectivity index (χ1n) is 5.53. The van der Waals surface area contributed by atoms with Gasteiger partial charge in [0, 0.05) is 4.47 Å². The Balaban J connectivity index is 1.86. The van der Waals surface area contributed by atoms with Gasteiger partial charge in [0.05, 0.1) is 18.5 Å². The highest BCUT2D eigenvalue weighted by Gasteiger charge is 2.10. The summed E-state index contributed by atoms with van der Waals surface area (Å²) in [6, 6.07) is 10.4. The summed E-state index contributed by atoms with van der Waals surface area (Å²) >= 11 is 3.32. The van der Waals surface area contributed by atoms with Crippen molar-refractivity contribution < 1.29 is 14.0 Å². The highest BCUT2D eigenvalue weighted by Crippen LogP contribution is 2.20. The minimum atomic E-state index is -0.424. The van der Waals surface area contributed by atoms with E-state index in [9.17, 15) is 9.59 Å². The maximum Gasteiger partial charge on any atom is 0.287 e. The van der Waals surface area contributed by atoms with Gasteiger partial charge in [0.15, 0.2) is 5.76 Å². The molecule has 2 aromatic rings. The number of para-hydroxylation sites is 1. The van der Waals surface area contributed by atoms with E-state index in [4.69, 9.17) is 4.42 Å². The van der Waals surface area contributed by atoms with Crippen molar-refractivity contribution in [2.75, 3.05) is 11.9 Å². The number of carbonyl (C=O) groups excluding carboxylic acids is 2. The Kier molecular flexibility index (Phi) is 4.35. The molecule has 0 bridgehead atoms. The van der Waals surface area contributed by atoms with Crippen LogP contribution in [-0.2, 0) is 4.79 Å². The number of halogens is 1. The van der Waals surface area contributed by atoms with E-state index in [0.717, 1.165) is 4.47 Å². The average Bonchev–Trinajstić information content (AvgIpc) is 2.93. The largest absolute Gasteiger partial charge is 0.459 e. The van der Waals surface area contributed by atoms with Crippen molar-refractivity contribution in [3.63, 3.8) is 0 Å². The minimum absolute atomic E-state index is 0.124. The zero-order valence-corrected chi connectivity index (χ0v) is 11.4. The minimum Gasteiger partial charge on any atom is -0.459 e. The SMILES string of the molecule is O=C(CNC(=O)c1ccco1)Nc1ccccc1Br. The number of nitrogens with one attached hydrogen (secondary N) is 2. The van der Waals surface area contributed by atoms with Crippen molar-refractivity contribution in [3.8, 4) is 0 Å². The Morgan fingerprint density at radius 1 is 1.16 bits per heavy atom. The van der Waals surface area contributed by atoms with Crippen LogP contribution < -0.4 is 10.6 Å². The fourth-order valence-corrected chi connectivity index (χ4v) is 1.80. The number of rotatable bonds is 4. The highest BCUT2D eigenvalue weighted by molar-refractivity contribution is 9.10. The van der Waals surface area contributed by atoms with Gasteiger partial charge in [0.1, 0.15) is 0 Å². The number of hydrogen-bond donors (Lipinski definition) is 2. The first-order chi connectivity index (χ1) is 9.16. The quantitative estimate of drug-likeness (QED) is 0.908. The predicted octanol–water partition coefficient (Wildman–Crippen LogP) is 2.41. The van der Waals surface area contributed by atoms with E-state index in [1.807, 2.05) is 18.2 Å². The summed E-state index contributed by atoms with van der Waals surface area (Å²) in [5.74, 6) is -0.562. The lowest BCUT2D eigenvalue weighted by Gasteiger charge is -2.07. The Hall–Kier alpha value is -2.08. The van der Waals surface area contributed by atoms with Crippen molar-refractivity contribution in [1.29, 1.82) is 0 Å². The van der Waals surface area contributed by atoms with Gasteiger partial charge in [-0.1, -0.05) is 12.1 Å². The molecule has 1 aromatic heterocycles. The van der Waals surface area contributed by atoms with E-state index >= 15 is 0 Å². The fraction of sp³-hybridized carbons (Fsp3) is 0.0769. The number of furan rings is 1. The van der Waals surface area contributed by atoms with Gasteiger partial charge >= 0.3 is 0 Å². The molecule has 0 aliphatic rings. The Bertz CT molecular complexity index is 581. The smallest absolute Gasteiger partial charge is 0.287 e. The molecular weight excluding hydrogens is 312 g/mol. The molecule has 0 saturated carbocycles. The Morgan fingerprint density at radius 3 is 2.63 bits per heavy atom. The second kappa shape index (κ2) is 6.19. The molecule has 19 heavy (non-hydrogen) atoms. The normalized spacial score (nSPS) is 9.95. The van der Waals surface area contributed by atoms with Crippen LogP contribution in [0.1, 0.15) is 10.6 Å². The van der Waals surface area contributed by atoms with E-state index in [2.05, 4.69) is 26.6 Å². The average molecular weight is 323 g/mol. The van der Waals surface area contributed by atoms with Crippen molar-refractivity contribution in [2.45, 2.75) is 0 Å². The van der Waals surface area contributed by atoms with Gasteiger partial charge in [-0.15, -0.1) is 0 Å². The maximum absolute atomic E-state index is 11.7. The summed E-state index contributed by atoms with van der Waals surface area (Å²) in [4.78, 5) is 23.2. The van der Waals surface area contributed by atoms with Gasteiger partial charge in [-0.2, -0.15) is 0 Å². The lowest BCUT2D eigenvalue weighted by atomic mass is 10.3. The molecule has 0 spiro atoms. The van der Waals surface area contributed by atoms with Crippen LogP contribution in [0.4, 0.5) is 5.69 Å². The van der Waals surface area contributed by atoms with Crippen LogP contribution in [0.5, 0.6) is 0 Å². The second-order valence-corrected chi connectivity index (χ2v) is 4.54. The summed E-state index contributed by atoms with van der Waals surface area (Å²) in [5.41, 5.74) is 0.653. The number of anilines is 1. The van der Waals surface area contributed by atoms with Gasteiger partial charge in [0.2, 0.25) is 5.91 Å². The third kappa shape index (κ3) is 3.69. The van der Waals surface area contributed by atoms with Crippen LogP contribution in [0.15, 0.2) is 51.6 Å². The number of amides is 2. The summed E-state index contributed by atoms with van der Waals surface area (Å²) < 4.78 is 5.69. The summed E-state index contributed by atoms with van der Waals surface area (Å²) in [7, 11) is 0. The molecule has 0 aliphatic heterocycles. The van der Waals surface area contributed by atoms with Crippen LogP contribution in [0.3, 0.4) is 0 Å². The molecule has 2 N–H and O–H groups in total. The zero-order valence-electron chi connectivity index (χ0n) is 9.85. The Morgan fingerprint density at radius 2 is 1.95 bits per heavy atom. The standard InChI is InChI=1S/C13H11BrN2O3/c14-9-4-1-2-5-10(9)16-12(17)8-15-13(18)11-6-3-7-19-11/h1-7H,8H2,(H,15,18)(H,16,17). The molecule has 2 rings (SSSR count). The number of hydrogen-bond acceptors (Lipinski definition) is 3. The number of carbonyl (C=O) groups is 2. The molecule has 0 saturated heterocycles. The van der Waals surface area contributed by atoms with Crippen molar-refractivity contribution in [1.82, 2.24) is 5.32 Å². The van der Waals surface area contributed by atoms with Crippen LogP contribution in [0.25, 0.3) is 0 Å². The maximum atomic E-state index is 11.7. The molecule has 5 nitrogen and oxygen atoms in total. The molecule has 6 heteroatoms. The molecular formula is C13H11BrN2O3. The lowest BCUT2D eigenvalue weighted by molar-refractivity contribution is -0.115. The van der Waals surface area contributed by atoms with Gasteiger partial charge in [0.25, 0.3) is 5.91 Å². The first kappa shape index (κ1) is 13.4. The molecule has 98 valence electrons.